The molecule has 0 saturated heterocycles. The van der Waals surface area contributed by atoms with Gasteiger partial charge in [0, 0.05) is 20.3 Å². The van der Waals surface area contributed by atoms with Gasteiger partial charge in [-0.3, -0.25) is 4.79 Å². The highest BCUT2D eigenvalue weighted by atomic mass is 127. The third-order valence-corrected chi connectivity index (χ3v) is 4.02. The summed E-state index contributed by atoms with van der Waals surface area (Å²) in [7, 11) is 0. The van der Waals surface area contributed by atoms with Gasteiger partial charge >= 0.3 is 0 Å². The number of carbonyl (C=O) groups is 1. The van der Waals surface area contributed by atoms with Crippen molar-refractivity contribution in [2.24, 2.45) is 5.92 Å². The van der Waals surface area contributed by atoms with Crippen LogP contribution in [-0.4, -0.2) is 19.7 Å². The van der Waals surface area contributed by atoms with E-state index in [1.54, 1.807) is 24.3 Å². The van der Waals surface area contributed by atoms with Crippen molar-refractivity contribution in [3.63, 3.8) is 0 Å². The zero-order valence-corrected chi connectivity index (χ0v) is 11.7. The number of hydrogen-bond donors (Lipinski definition) is 1. The third kappa shape index (κ3) is 3.08. The molecule has 0 radical (unpaired) electrons. The SMILES string of the molecule is O=C(c1ccc(O)cc1)C(CI)CI. The molecule has 0 amide bonds. The summed E-state index contributed by atoms with van der Waals surface area (Å²) in [5.74, 6) is 0.441. The monoisotopic (exact) mass is 416 g/mol. The van der Waals surface area contributed by atoms with Crippen molar-refractivity contribution in [2.75, 3.05) is 8.86 Å². The lowest BCUT2D eigenvalue weighted by Crippen LogP contribution is -2.17. The summed E-state index contributed by atoms with van der Waals surface area (Å²) in [6.07, 6.45) is 0. The van der Waals surface area contributed by atoms with E-state index in [1.807, 2.05) is 0 Å². The molecule has 4 heteroatoms. The number of phenolic OH excluding ortho intramolecular Hbond substituents is 1. The normalized spacial score (nSPS) is 10.5. The van der Waals surface area contributed by atoms with Crippen LogP contribution in [0, 0.1) is 5.92 Å². The molecule has 0 saturated carbocycles. The molecule has 14 heavy (non-hydrogen) atoms. The largest absolute Gasteiger partial charge is 0.508 e. The first kappa shape index (κ1) is 12.2. The molecule has 0 unspecified atom stereocenters. The lowest BCUT2D eigenvalue weighted by Gasteiger charge is -2.08. The van der Waals surface area contributed by atoms with Crippen LogP contribution in [0.3, 0.4) is 0 Å². The number of aromatic hydroxyl groups is 1. The van der Waals surface area contributed by atoms with Gasteiger partial charge in [-0.1, -0.05) is 45.2 Å². The van der Waals surface area contributed by atoms with Gasteiger partial charge in [0.25, 0.3) is 0 Å². The van der Waals surface area contributed by atoms with E-state index in [0.717, 1.165) is 8.86 Å². The molecule has 0 fully saturated rings. The average Bonchev–Trinajstić information content (AvgIpc) is 2.20. The molecule has 0 heterocycles. The zero-order valence-electron chi connectivity index (χ0n) is 7.41. The predicted molar refractivity (Wildman–Crippen MR) is 73.7 cm³/mol. The van der Waals surface area contributed by atoms with Crippen LogP contribution in [0.25, 0.3) is 0 Å². The molecule has 1 aromatic carbocycles. The minimum Gasteiger partial charge on any atom is -0.508 e. The van der Waals surface area contributed by atoms with Crippen LogP contribution in [0.5, 0.6) is 5.75 Å². The number of hydrogen-bond acceptors (Lipinski definition) is 2. The number of phenols is 1. The second kappa shape index (κ2) is 5.89. The maximum absolute atomic E-state index is 11.8. The second-order valence-electron chi connectivity index (χ2n) is 2.92. The smallest absolute Gasteiger partial charge is 0.167 e. The molecular weight excluding hydrogens is 406 g/mol. The van der Waals surface area contributed by atoms with Gasteiger partial charge in [-0.05, 0) is 24.3 Å². The molecule has 76 valence electrons. The topological polar surface area (TPSA) is 37.3 Å². The summed E-state index contributed by atoms with van der Waals surface area (Å²) < 4.78 is 1.67. The Morgan fingerprint density at radius 2 is 1.71 bits per heavy atom. The number of halogens is 2. The Labute approximate surface area is 110 Å². The second-order valence-corrected chi connectivity index (χ2v) is 4.68. The highest BCUT2D eigenvalue weighted by molar-refractivity contribution is 14.1. The fourth-order valence-electron chi connectivity index (χ4n) is 1.04. The molecule has 0 aromatic heterocycles. The highest BCUT2D eigenvalue weighted by Gasteiger charge is 2.17. The van der Waals surface area contributed by atoms with Crippen molar-refractivity contribution in [1.29, 1.82) is 0 Å². The van der Waals surface area contributed by atoms with Crippen molar-refractivity contribution < 1.29 is 9.90 Å². The van der Waals surface area contributed by atoms with E-state index in [4.69, 9.17) is 5.11 Å². The quantitative estimate of drug-likeness (QED) is 0.466. The van der Waals surface area contributed by atoms with Crippen LogP contribution >= 0.6 is 45.2 Å². The molecular formula is C10H10I2O2. The van der Waals surface area contributed by atoms with Crippen LogP contribution in [-0.2, 0) is 0 Å². The van der Waals surface area contributed by atoms with Gasteiger partial charge in [0.05, 0.1) is 0 Å². The van der Waals surface area contributed by atoms with E-state index in [9.17, 15) is 4.79 Å². The van der Waals surface area contributed by atoms with Crippen LogP contribution < -0.4 is 0 Å². The van der Waals surface area contributed by atoms with Gasteiger partial charge < -0.3 is 5.11 Å². The molecule has 0 aliphatic heterocycles. The Morgan fingerprint density at radius 1 is 1.21 bits per heavy atom. The van der Waals surface area contributed by atoms with E-state index < -0.39 is 0 Å². The van der Waals surface area contributed by atoms with Crippen LogP contribution in [0.15, 0.2) is 24.3 Å². The summed E-state index contributed by atoms with van der Waals surface area (Å²) in [6, 6.07) is 6.43. The molecule has 1 N–H and O–H groups in total. The first-order valence-corrected chi connectivity index (χ1v) is 7.19. The van der Waals surface area contributed by atoms with Gasteiger partial charge in [-0.25, -0.2) is 0 Å². The number of alkyl halides is 2. The van der Waals surface area contributed by atoms with E-state index in [0.29, 0.717) is 5.56 Å². The lowest BCUT2D eigenvalue weighted by atomic mass is 10.0. The summed E-state index contributed by atoms with van der Waals surface area (Å²) in [4.78, 5) is 11.8. The van der Waals surface area contributed by atoms with E-state index in [2.05, 4.69) is 45.2 Å². The summed E-state index contributed by atoms with van der Waals surface area (Å²) in [5.41, 5.74) is 0.682. The molecule has 1 aromatic rings. The van der Waals surface area contributed by atoms with Gasteiger partial charge in [0.1, 0.15) is 5.75 Å². The van der Waals surface area contributed by atoms with E-state index in [1.165, 1.54) is 0 Å². The first-order chi connectivity index (χ1) is 6.69. The summed E-state index contributed by atoms with van der Waals surface area (Å²) >= 11 is 4.45. The molecule has 0 bridgehead atoms. The average molecular weight is 416 g/mol. The van der Waals surface area contributed by atoms with E-state index in [-0.39, 0.29) is 17.5 Å². The van der Waals surface area contributed by atoms with Gasteiger partial charge in [0.2, 0.25) is 0 Å². The lowest BCUT2D eigenvalue weighted by molar-refractivity contribution is 0.0947. The fraction of sp³-hybridized carbons (Fsp3) is 0.300. The number of Topliss-reactive ketones (excluding diaryl/α,β-unsaturated/α-hetero) is 1. The molecule has 1 rings (SSSR count). The Balaban J connectivity index is 2.83. The Morgan fingerprint density at radius 3 is 2.14 bits per heavy atom. The molecule has 0 spiro atoms. The molecule has 0 aliphatic rings. The summed E-state index contributed by atoms with van der Waals surface area (Å²) in [6.45, 7) is 0. The Hall–Kier alpha value is 0.150. The Bertz CT molecular complexity index is 304. The molecule has 0 atom stereocenters. The highest BCUT2D eigenvalue weighted by Crippen LogP contribution is 2.16. The van der Waals surface area contributed by atoms with Crippen LogP contribution in [0.4, 0.5) is 0 Å². The van der Waals surface area contributed by atoms with Gasteiger partial charge in [-0.15, -0.1) is 0 Å². The standard InChI is InChI=1S/C10H10I2O2/c11-5-8(6-12)10(14)7-1-3-9(13)4-2-7/h1-4,8,13H,5-6H2. The first-order valence-electron chi connectivity index (χ1n) is 4.14. The number of carbonyl (C=O) groups excluding carboxylic acids is 1. The molecule has 2 nitrogen and oxygen atoms in total. The molecule has 0 aliphatic carbocycles. The minimum atomic E-state index is 0.0840. The Kier molecular flexibility index (Phi) is 5.14. The fourth-order valence-corrected chi connectivity index (χ4v) is 3.66. The van der Waals surface area contributed by atoms with Crippen molar-refractivity contribution in [2.45, 2.75) is 0 Å². The van der Waals surface area contributed by atoms with Crippen LogP contribution in [0.1, 0.15) is 10.4 Å². The number of rotatable bonds is 4. The predicted octanol–water partition coefficient (Wildman–Crippen LogP) is 3.06. The summed E-state index contributed by atoms with van der Waals surface area (Å²) in [5, 5.41) is 9.08. The van der Waals surface area contributed by atoms with Crippen molar-refractivity contribution in [3.8, 4) is 5.75 Å². The van der Waals surface area contributed by atoms with E-state index >= 15 is 0 Å². The third-order valence-electron chi connectivity index (χ3n) is 1.90. The van der Waals surface area contributed by atoms with Gasteiger partial charge in [0.15, 0.2) is 5.78 Å². The minimum absolute atomic E-state index is 0.0840. The van der Waals surface area contributed by atoms with Crippen molar-refractivity contribution in [1.82, 2.24) is 0 Å². The van der Waals surface area contributed by atoms with Crippen LogP contribution in [0.2, 0.25) is 0 Å². The maximum atomic E-state index is 11.8. The number of ketones is 1. The van der Waals surface area contributed by atoms with Gasteiger partial charge in [-0.2, -0.15) is 0 Å². The maximum Gasteiger partial charge on any atom is 0.167 e. The zero-order chi connectivity index (χ0) is 10.6. The van der Waals surface area contributed by atoms with Crippen molar-refractivity contribution in [3.05, 3.63) is 29.8 Å². The number of benzene rings is 1. The van der Waals surface area contributed by atoms with Crippen molar-refractivity contribution >= 4 is 51.0 Å².